The highest BCUT2D eigenvalue weighted by molar-refractivity contribution is 6.33. The number of ether oxygens (including phenoxy) is 1. The van der Waals surface area contributed by atoms with E-state index >= 15 is 0 Å². The summed E-state index contributed by atoms with van der Waals surface area (Å²) in [6, 6.07) is 5.28. The quantitative estimate of drug-likeness (QED) is 0.892. The smallest absolute Gasteiger partial charge is 0.332 e. The molecule has 0 aromatic heterocycles. The van der Waals surface area contributed by atoms with E-state index in [4.69, 9.17) is 21.4 Å². The summed E-state index contributed by atoms with van der Waals surface area (Å²) in [6.07, 6.45) is -0.899. The maximum absolute atomic E-state index is 11.9. The first-order chi connectivity index (χ1) is 8.97. The van der Waals surface area contributed by atoms with Gasteiger partial charge < -0.3 is 15.2 Å². The number of carbonyl (C=O) groups is 2. The number of amides is 1. The Bertz CT molecular complexity index is 517. The molecule has 1 aromatic carbocycles. The second-order valence-electron chi connectivity index (χ2n) is 4.50. The Morgan fingerprint density at radius 1 is 1.37 bits per heavy atom. The van der Waals surface area contributed by atoms with E-state index in [0.717, 1.165) is 5.56 Å². The molecule has 19 heavy (non-hydrogen) atoms. The van der Waals surface area contributed by atoms with Crippen LogP contribution in [0.15, 0.2) is 18.2 Å². The molecule has 1 aromatic rings. The topological polar surface area (TPSA) is 75.6 Å². The lowest BCUT2D eigenvalue weighted by Gasteiger charge is -2.13. The predicted molar refractivity (Wildman–Crippen MR) is 70.3 cm³/mol. The zero-order valence-corrected chi connectivity index (χ0v) is 11.1. The predicted octanol–water partition coefficient (Wildman–Crippen LogP) is 2.22. The number of halogens is 1. The third-order valence-electron chi connectivity index (χ3n) is 2.97. The lowest BCUT2D eigenvalue weighted by Crippen LogP contribution is -2.30. The number of aryl methyl sites for hydroxylation is 1. The highest BCUT2D eigenvalue weighted by Gasteiger charge is 2.34. The van der Waals surface area contributed by atoms with E-state index in [1.807, 2.05) is 13.0 Å². The second kappa shape index (κ2) is 5.59. The zero-order chi connectivity index (χ0) is 14.0. The minimum absolute atomic E-state index is 0.342. The molecule has 0 spiro atoms. The van der Waals surface area contributed by atoms with Crippen LogP contribution in [-0.2, 0) is 14.3 Å². The number of carboxylic acids is 1. The number of carbonyl (C=O) groups excluding carboxylic acids is 1. The summed E-state index contributed by atoms with van der Waals surface area (Å²) >= 11 is 6.01. The van der Waals surface area contributed by atoms with Gasteiger partial charge in [0.25, 0.3) is 5.91 Å². The molecule has 0 bridgehead atoms. The summed E-state index contributed by atoms with van der Waals surface area (Å²) in [5.41, 5.74) is 1.49. The van der Waals surface area contributed by atoms with Gasteiger partial charge in [-0.3, -0.25) is 4.79 Å². The maximum Gasteiger partial charge on any atom is 0.332 e. The molecular formula is C13H14ClNO4. The van der Waals surface area contributed by atoms with Crippen molar-refractivity contribution in [2.45, 2.75) is 32.0 Å². The van der Waals surface area contributed by atoms with Gasteiger partial charge in [0, 0.05) is 0 Å². The molecule has 6 heteroatoms. The average molecular weight is 284 g/mol. The summed E-state index contributed by atoms with van der Waals surface area (Å²) in [5, 5.41) is 11.9. The first kappa shape index (κ1) is 13.8. The number of carboxylic acid groups (broad SMARTS) is 1. The van der Waals surface area contributed by atoms with Gasteiger partial charge in [0.05, 0.1) is 10.7 Å². The van der Waals surface area contributed by atoms with Gasteiger partial charge in [-0.05, 0) is 37.5 Å². The number of hydrogen-bond acceptors (Lipinski definition) is 3. The van der Waals surface area contributed by atoms with E-state index < -0.39 is 18.2 Å². The molecule has 102 valence electrons. The van der Waals surface area contributed by atoms with Gasteiger partial charge in [0.1, 0.15) is 6.10 Å². The minimum atomic E-state index is -1.04. The molecule has 1 saturated heterocycles. The van der Waals surface area contributed by atoms with E-state index in [1.54, 1.807) is 12.1 Å². The first-order valence-electron chi connectivity index (χ1n) is 5.92. The van der Waals surface area contributed by atoms with Crippen molar-refractivity contribution < 1.29 is 19.4 Å². The molecule has 2 N–H and O–H groups in total. The number of benzene rings is 1. The third-order valence-corrected chi connectivity index (χ3v) is 3.28. The maximum atomic E-state index is 11.9. The Morgan fingerprint density at radius 2 is 2.05 bits per heavy atom. The average Bonchev–Trinajstić information content (AvgIpc) is 2.82. The number of aliphatic carboxylic acids is 1. The van der Waals surface area contributed by atoms with Crippen molar-refractivity contribution in [3.05, 3.63) is 28.8 Å². The van der Waals surface area contributed by atoms with Crippen molar-refractivity contribution in [2.75, 3.05) is 5.32 Å². The molecule has 0 radical (unpaired) electrons. The van der Waals surface area contributed by atoms with E-state index in [9.17, 15) is 9.59 Å². The molecule has 0 aliphatic carbocycles. The molecule has 1 aliphatic rings. The number of hydrogen-bond donors (Lipinski definition) is 2. The van der Waals surface area contributed by atoms with Crippen molar-refractivity contribution in [1.82, 2.24) is 0 Å². The van der Waals surface area contributed by atoms with Crippen molar-refractivity contribution in [2.24, 2.45) is 0 Å². The van der Waals surface area contributed by atoms with Crippen LogP contribution in [0.4, 0.5) is 5.69 Å². The zero-order valence-electron chi connectivity index (χ0n) is 10.4. The Kier molecular flexibility index (Phi) is 4.07. The lowest BCUT2D eigenvalue weighted by molar-refractivity contribution is -0.150. The molecule has 0 saturated carbocycles. The summed E-state index contributed by atoms with van der Waals surface area (Å²) in [7, 11) is 0. The third kappa shape index (κ3) is 3.24. The van der Waals surface area contributed by atoms with Crippen molar-refractivity contribution >= 4 is 29.2 Å². The molecule has 0 unspecified atom stereocenters. The highest BCUT2D eigenvalue weighted by atomic mass is 35.5. The summed E-state index contributed by atoms with van der Waals surface area (Å²) in [4.78, 5) is 22.7. The lowest BCUT2D eigenvalue weighted by atomic mass is 10.2. The summed E-state index contributed by atoms with van der Waals surface area (Å²) in [5.74, 6) is -1.40. The van der Waals surface area contributed by atoms with Gasteiger partial charge in [0.15, 0.2) is 6.10 Å². The van der Waals surface area contributed by atoms with E-state index in [0.29, 0.717) is 23.6 Å². The Balaban J connectivity index is 2.00. The fourth-order valence-electron chi connectivity index (χ4n) is 1.95. The van der Waals surface area contributed by atoms with Gasteiger partial charge in [-0.2, -0.15) is 0 Å². The van der Waals surface area contributed by atoms with Gasteiger partial charge >= 0.3 is 5.97 Å². The Hall–Kier alpha value is -1.59. The largest absolute Gasteiger partial charge is 0.479 e. The molecule has 2 atom stereocenters. The fraction of sp³-hybridized carbons (Fsp3) is 0.385. The van der Waals surface area contributed by atoms with Crippen LogP contribution in [0.5, 0.6) is 0 Å². The minimum Gasteiger partial charge on any atom is -0.479 e. The Morgan fingerprint density at radius 3 is 2.63 bits per heavy atom. The number of anilines is 1. The van der Waals surface area contributed by atoms with E-state index in [2.05, 4.69) is 5.32 Å². The molecule has 1 fully saturated rings. The molecular weight excluding hydrogens is 270 g/mol. The van der Waals surface area contributed by atoms with E-state index in [1.165, 1.54) is 0 Å². The van der Waals surface area contributed by atoms with Crippen LogP contribution in [0.25, 0.3) is 0 Å². The SMILES string of the molecule is Cc1ccc(NC(=O)[C@@H]2CC[C@H](C(=O)O)O2)c(Cl)c1. The monoisotopic (exact) mass is 283 g/mol. The molecule has 1 aliphatic heterocycles. The van der Waals surface area contributed by atoms with Crippen LogP contribution in [0.3, 0.4) is 0 Å². The van der Waals surface area contributed by atoms with Gasteiger partial charge in [-0.1, -0.05) is 17.7 Å². The van der Waals surface area contributed by atoms with Crippen LogP contribution >= 0.6 is 11.6 Å². The molecule has 2 rings (SSSR count). The number of rotatable bonds is 3. The molecule has 1 amide bonds. The fourth-order valence-corrected chi connectivity index (χ4v) is 2.23. The van der Waals surface area contributed by atoms with Crippen LogP contribution in [0.1, 0.15) is 18.4 Å². The molecule has 1 heterocycles. The summed E-state index contributed by atoms with van der Waals surface area (Å²) in [6.45, 7) is 1.90. The van der Waals surface area contributed by atoms with Gasteiger partial charge in [0.2, 0.25) is 0 Å². The second-order valence-corrected chi connectivity index (χ2v) is 4.91. The van der Waals surface area contributed by atoms with Crippen LogP contribution in [0.2, 0.25) is 5.02 Å². The van der Waals surface area contributed by atoms with Crippen LogP contribution < -0.4 is 5.32 Å². The van der Waals surface area contributed by atoms with Crippen molar-refractivity contribution in [3.63, 3.8) is 0 Å². The van der Waals surface area contributed by atoms with E-state index in [-0.39, 0.29) is 5.91 Å². The molecule has 5 nitrogen and oxygen atoms in total. The first-order valence-corrected chi connectivity index (χ1v) is 6.30. The van der Waals surface area contributed by atoms with Crippen LogP contribution in [0, 0.1) is 6.92 Å². The highest BCUT2D eigenvalue weighted by Crippen LogP contribution is 2.25. The standard InChI is InChI=1S/C13H14ClNO4/c1-7-2-3-9(8(14)6-7)15-12(16)10-4-5-11(19-10)13(17)18/h2-3,6,10-11H,4-5H2,1H3,(H,15,16)(H,17,18)/t10-,11+/m0/s1. The normalized spacial score (nSPS) is 22.2. The summed E-state index contributed by atoms with van der Waals surface area (Å²) < 4.78 is 5.17. The number of nitrogens with one attached hydrogen (secondary N) is 1. The van der Waals surface area contributed by atoms with Gasteiger partial charge in [-0.15, -0.1) is 0 Å². The van der Waals surface area contributed by atoms with Crippen molar-refractivity contribution in [1.29, 1.82) is 0 Å². The van der Waals surface area contributed by atoms with Gasteiger partial charge in [-0.25, -0.2) is 4.79 Å². The Labute approximate surface area is 115 Å². The van der Waals surface area contributed by atoms with Crippen molar-refractivity contribution in [3.8, 4) is 0 Å². The van der Waals surface area contributed by atoms with Crippen LogP contribution in [-0.4, -0.2) is 29.2 Å².